The van der Waals surface area contributed by atoms with Gasteiger partial charge in [0, 0.05) is 23.2 Å². The van der Waals surface area contributed by atoms with Gasteiger partial charge >= 0.3 is 0 Å². The molecule has 4 fully saturated rings. The fourth-order valence-corrected chi connectivity index (χ4v) is 7.83. The van der Waals surface area contributed by atoms with Crippen molar-refractivity contribution in [1.82, 2.24) is 0 Å². The number of fused-ring (bicyclic) bond motifs is 5. The molecule has 0 aromatic heterocycles. The smallest absolute Gasteiger partial charge is 0.137 e. The van der Waals surface area contributed by atoms with Crippen molar-refractivity contribution in [3.63, 3.8) is 0 Å². The number of carbonyl (C=O) groups is 1. The van der Waals surface area contributed by atoms with E-state index in [1.54, 1.807) is 0 Å². The minimum atomic E-state index is -1.45. The molecule has 4 aliphatic carbocycles. The molecule has 0 amide bonds. The molecule has 4 rings (SSSR count). The lowest BCUT2D eigenvalue weighted by atomic mass is 9.43. The highest BCUT2D eigenvalue weighted by atomic mass is 16.4. The second-order valence-corrected chi connectivity index (χ2v) is 10.3. The summed E-state index contributed by atoms with van der Waals surface area (Å²) in [6.45, 7) is 3.40. The van der Waals surface area contributed by atoms with Crippen LogP contribution in [-0.4, -0.2) is 61.8 Å². The number of hydrogen-bond donors (Lipinski definition) is 5. The molecule has 4 aliphatic rings. The van der Waals surface area contributed by atoms with Crippen LogP contribution in [0, 0.1) is 34.5 Å². The third kappa shape index (κ3) is 2.40. The van der Waals surface area contributed by atoms with Gasteiger partial charge in [0.05, 0.1) is 24.4 Å². The van der Waals surface area contributed by atoms with Crippen LogP contribution in [0.25, 0.3) is 0 Å². The fourth-order valence-electron chi connectivity index (χ4n) is 7.83. The zero-order valence-corrected chi connectivity index (χ0v) is 16.3. The lowest BCUT2D eigenvalue weighted by molar-refractivity contribution is -0.210. The molecule has 6 heteroatoms. The molecule has 6 nitrogen and oxygen atoms in total. The number of aliphatic hydroxyl groups excluding tert-OH is 4. The van der Waals surface area contributed by atoms with Gasteiger partial charge in [-0.1, -0.05) is 13.8 Å². The highest BCUT2D eigenvalue weighted by Crippen LogP contribution is 2.67. The first-order valence-electron chi connectivity index (χ1n) is 10.5. The van der Waals surface area contributed by atoms with Gasteiger partial charge in [-0.15, -0.1) is 0 Å². The van der Waals surface area contributed by atoms with Crippen LogP contribution in [0.3, 0.4) is 0 Å². The first-order chi connectivity index (χ1) is 12.6. The molecule has 5 N–H and O–H groups in total. The van der Waals surface area contributed by atoms with Crippen molar-refractivity contribution in [3.8, 4) is 0 Å². The highest BCUT2D eigenvalue weighted by molar-refractivity contribution is 5.84. The zero-order valence-electron chi connectivity index (χ0n) is 16.3. The molecular weight excluding hydrogens is 348 g/mol. The van der Waals surface area contributed by atoms with E-state index in [4.69, 9.17) is 0 Å². The van der Waals surface area contributed by atoms with E-state index in [0.717, 1.165) is 19.3 Å². The summed E-state index contributed by atoms with van der Waals surface area (Å²) >= 11 is 0. The Morgan fingerprint density at radius 3 is 2.52 bits per heavy atom. The minimum Gasteiger partial charge on any atom is -0.394 e. The third-order valence-corrected chi connectivity index (χ3v) is 9.37. The van der Waals surface area contributed by atoms with Crippen LogP contribution in [0.5, 0.6) is 0 Å². The number of Topliss-reactive ketones (excluding diaryl/α,β-unsaturated/α-hetero) is 1. The lowest BCUT2D eigenvalue weighted by Gasteiger charge is -2.62. The average molecular weight is 382 g/mol. The van der Waals surface area contributed by atoms with E-state index in [9.17, 15) is 30.3 Å². The summed E-state index contributed by atoms with van der Waals surface area (Å²) < 4.78 is 0. The maximum atomic E-state index is 13.4. The maximum Gasteiger partial charge on any atom is 0.137 e. The van der Waals surface area contributed by atoms with E-state index in [-0.39, 0.29) is 35.9 Å². The number of rotatable bonds is 2. The van der Waals surface area contributed by atoms with Gasteiger partial charge in [0.25, 0.3) is 0 Å². The van der Waals surface area contributed by atoms with Gasteiger partial charge in [0.1, 0.15) is 11.9 Å². The quantitative estimate of drug-likeness (QED) is 0.478. The molecular formula is C21H34O6. The summed E-state index contributed by atoms with van der Waals surface area (Å²) in [5.41, 5.74) is -2.74. The Labute approximate surface area is 160 Å². The van der Waals surface area contributed by atoms with E-state index in [1.165, 1.54) is 0 Å². The van der Waals surface area contributed by atoms with Crippen molar-refractivity contribution in [1.29, 1.82) is 0 Å². The summed E-state index contributed by atoms with van der Waals surface area (Å²) in [4.78, 5) is 13.4. The lowest BCUT2D eigenvalue weighted by Crippen LogP contribution is -2.65. The van der Waals surface area contributed by atoms with Gasteiger partial charge in [-0.05, 0) is 56.3 Å². The first kappa shape index (κ1) is 19.8. The molecule has 0 aromatic carbocycles. The molecule has 0 spiro atoms. The first-order valence-corrected chi connectivity index (χ1v) is 10.5. The minimum absolute atomic E-state index is 0.0619. The Morgan fingerprint density at radius 2 is 1.85 bits per heavy atom. The maximum absolute atomic E-state index is 13.4. The molecule has 0 radical (unpaired) electrons. The largest absolute Gasteiger partial charge is 0.394 e. The molecule has 154 valence electrons. The van der Waals surface area contributed by atoms with Crippen molar-refractivity contribution >= 4 is 5.78 Å². The third-order valence-electron chi connectivity index (χ3n) is 9.37. The van der Waals surface area contributed by atoms with E-state index in [2.05, 4.69) is 0 Å². The SMILES string of the molecule is CC12C(O)CC(O)CC1CCC1C2C(=O)CC2(C)C1CCC2(O)C(O)CO. The molecule has 10 unspecified atom stereocenters. The number of ketones is 1. The zero-order chi connectivity index (χ0) is 19.8. The van der Waals surface area contributed by atoms with E-state index < -0.39 is 41.3 Å². The predicted octanol–water partition coefficient (Wildman–Crippen LogP) is 0.624. The summed E-state index contributed by atoms with van der Waals surface area (Å²) in [5.74, 6) is 0.0944. The van der Waals surface area contributed by atoms with Gasteiger partial charge in [-0.2, -0.15) is 0 Å². The van der Waals surface area contributed by atoms with Gasteiger partial charge in [0.2, 0.25) is 0 Å². The van der Waals surface area contributed by atoms with Crippen molar-refractivity contribution in [3.05, 3.63) is 0 Å². The van der Waals surface area contributed by atoms with Gasteiger partial charge < -0.3 is 25.5 Å². The van der Waals surface area contributed by atoms with Crippen LogP contribution in [-0.2, 0) is 4.79 Å². The molecule has 0 heterocycles. The van der Waals surface area contributed by atoms with Gasteiger partial charge in [-0.25, -0.2) is 0 Å². The summed E-state index contributed by atoms with van der Waals surface area (Å²) in [6.07, 6.45) is 1.49. The van der Waals surface area contributed by atoms with Gasteiger partial charge in [-0.3, -0.25) is 4.79 Å². The Hall–Kier alpha value is -0.530. The van der Waals surface area contributed by atoms with Crippen LogP contribution in [0.1, 0.15) is 58.8 Å². The number of hydrogen-bond acceptors (Lipinski definition) is 6. The Morgan fingerprint density at radius 1 is 1.15 bits per heavy atom. The molecule has 27 heavy (non-hydrogen) atoms. The molecule has 0 bridgehead atoms. The monoisotopic (exact) mass is 382 g/mol. The summed E-state index contributed by atoms with van der Waals surface area (Å²) in [7, 11) is 0. The predicted molar refractivity (Wildman–Crippen MR) is 97.6 cm³/mol. The average Bonchev–Trinajstić information content (AvgIpc) is 2.87. The number of aliphatic hydroxyl groups is 5. The van der Waals surface area contributed by atoms with Crippen LogP contribution < -0.4 is 0 Å². The van der Waals surface area contributed by atoms with Gasteiger partial charge in [0.15, 0.2) is 0 Å². The second kappa shape index (κ2) is 6.23. The normalized spacial score (nSPS) is 56.2. The van der Waals surface area contributed by atoms with Crippen LogP contribution in [0.2, 0.25) is 0 Å². The van der Waals surface area contributed by atoms with Crippen molar-refractivity contribution in [2.45, 2.75) is 82.7 Å². The summed E-state index contributed by atoms with van der Waals surface area (Å²) in [6, 6.07) is 0. The second-order valence-electron chi connectivity index (χ2n) is 10.3. The van der Waals surface area contributed by atoms with Crippen molar-refractivity contribution in [2.75, 3.05) is 6.61 Å². The Kier molecular flexibility index (Phi) is 4.56. The highest BCUT2D eigenvalue weighted by Gasteiger charge is 2.69. The Balaban J connectivity index is 1.72. The molecule has 0 aromatic rings. The van der Waals surface area contributed by atoms with Crippen LogP contribution in [0.4, 0.5) is 0 Å². The molecule has 0 saturated heterocycles. The Bertz CT molecular complexity index is 624. The van der Waals surface area contributed by atoms with Crippen molar-refractivity contribution in [2.24, 2.45) is 34.5 Å². The topological polar surface area (TPSA) is 118 Å². The van der Waals surface area contributed by atoms with E-state index in [0.29, 0.717) is 19.3 Å². The van der Waals surface area contributed by atoms with Crippen molar-refractivity contribution < 1.29 is 30.3 Å². The fraction of sp³-hybridized carbons (Fsp3) is 0.952. The molecule has 10 atom stereocenters. The van der Waals surface area contributed by atoms with Crippen LogP contribution in [0.15, 0.2) is 0 Å². The molecule has 4 saturated carbocycles. The van der Waals surface area contributed by atoms with Crippen LogP contribution >= 0.6 is 0 Å². The van der Waals surface area contributed by atoms with E-state index in [1.807, 2.05) is 13.8 Å². The molecule has 0 aliphatic heterocycles. The summed E-state index contributed by atoms with van der Waals surface area (Å²) in [5, 5.41) is 52.1. The van der Waals surface area contributed by atoms with E-state index >= 15 is 0 Å². The number of carbonyl (C=O) groups excluding carboxylic acids is 1. The standard InChI is InChI=1S/C21H34O6/c1-19-9-15(24)18-13(14(19)5-6-21(19,27)17(26)10-22)4-3-11-7-12(23)8-16(25)20(11,18)2/h11-14,16-18,22-23,25-27H,3-10H2,1-2H3.